The van der Waals surface area contributed by atoms with Crippen molar-refractivity contribution >= 4 is 5.91 Å². The molecule has 1 aliphatic rings. The predicted octanol–water partition coefficient (Wildman–Crippen LogP) is -1.08. The Bertz CT molecular complexity index is 374. The number of hydrogen-bond acceptors (Lipinski definition) is 6. The third kappa shape index (κ3) is 4.32. The maximum Gasteiger partial charge on any atom is 0.217 e. The van der Waals surface area contributed by atoms with Crippen LogP contribution in [0.1, 0.15) is 13.3 Å². The second kappa shape index (κ2) is 8.03. The first-order chi connectivity index (χ1) is 9.51. The number of carbonyl (C=O) groups excluding carboxylic acids is 1. The van der Waals surface area contributed by atoms with Gasteiger partial charge < -0.3 is 25.4 Å². The van der Waals surface area contributed by atoms with Crippen LogP contribution in [0, 0.1) is 5.92 Å². The van der Waals surface area contributed by atoms with E-state index < -0.39 is 30.3 Å². The molecule has 1 saturated carbocycles. The average Bonchev–Trinajstić information content (AvgIpc) is 2.41. The molecule has 1 amide bonds. The molecule has 0 aliphatic heterocycles. The molecule has 1 fully saturated rings. The largest absolute Gasteiger partial charge is 0.396 e. The molecule has 0 spiro atoms. The van der Waals surface area contributed by atoms with Gasteiger partial charge in [-0.25, -0.2) is 0 Å². The fourth-order valence-corrected chi connectivity index (χ4v) is 2.35. The molecule has 0 aromatic heterocycles. The number of azide groups is 1. The Morgan fingerprint density at radius 2 is 2.20 bits per heavy atom. The summed E-state index contributed by atoms with van der Waals surface area (Å²) >= 11 is 0. The van der Waals surface area contributed by atoms with Crippen molar-refractivity contribution in [1.29, 1.82) is 0 Å². The SMILES string of the molecule is CC(=O)N[C@@H]1[C@@H](O)[C@@H](O)[C@@H](CO)C[C@H]1OCCN=[N+]=[N-]. The Balaban J connectivity index is 2.72. The number of nitrogens with one attached hydrogen (secondary N) is 1. The molecule has 4 N–H and O–H groups in total. The molecule has 1 rings (SSSR count). The maximum absolute atomic E-state index is 11.2. The maximum atomic E-state index is 11.2. The molecule has 0 aromatic carbocycles. The Morgan fingerprint density at radius 1 is 1.50 bits per heavy atom. The number of hydrogen-bond donors (Lipinski definition) is 4. The van der Waals surface area contributed by atoms with Crippen LogP contribution in [0.15, 0.2) is 5.11 Å². The Hall–Kier alpha value is -1.38. The Kier molecular flexibility index (Phi) is 6.69. The van der Waals surface area contributed by atoms with Gasteiger partial charge >= 0.3 is 0 Å². The number of aliphatic hydroxyl groups excluding tert-OH is 3. The van der Waals surface area contributed by atoms with Crippen LogP contribution in [0.2, 0.25) is 0 Å². The van der Waals surface area contributed by atoms with E-state index in [4.69, 9.17) is 10.3 Å². The molecule has 9 heteroatoms. The van der Waals surface area contributed by atoms with E-state index in [-0.39, 0.29) is 32.1 Å². The van der Waals surface area contributed by atoms with Crippen LogP contribution in [0.25, 0.3) is 10.4 Å². The minimum Gasteiger partial charge on any atom is -0.396 e. The van der Waals surface area contributed by atoms with E-state index >= 15 is 0 Å². The van der Waals surface area contributed by atoms with Gasteiger partial charge in [-0.05, 0) is 12.0 Å². The first-order valence-electron chi connectivity index (χ1n) is 6.37. The van der Waals surface area contributed by atoms with E-state index in [1.54, 1.807) is 0 Å². The van der Waals surface area contributed by atoms with Crippen LogP contribution in [-0.4, -0.2) is 65.3 Å². The van der Waals surface area contributed by atoms with Gasteiger partial charge in [0.2, 0.25) is 5.91 Å². The van der Waals surface area contributed by atoms with Crippen molar-refractivity contribution in [2.45, 2.75) is 37.7 Å². The van der Waals surface area contributed by atoms with Crippen LogP contribution < -0.4 is 5.32 Å². The molecule has 114 valence electrons. The lowest BCUT2D eigenvalue weighted by atomic mass is 9.79. The fourth-order valence-electron chi connectivity index (χ4n) is 2.35. The molecule has 0 unspecified atom stereocenters. The molecule has 0 saturated heterocycles. The highest BCUT2D eigenvalue weighted by Crippen LogP contribution is 2.27. The molecule has 0 heterocycles. The van der Waals surface area contributed by atoms with E-state index in [1.807, 2.05) is 0 Å². The van der Waals surface area contributed by atoms with Gasteiger partial charge in [0, 0.05) is 30.9 Å². The minimum absolute atomic E-state index is 0.127. The average molecular weight is 288 g/mol. The van der Waals surface area contributed by atoms with Gasteiger partial charge in [0.15, 0.2) is 0 Å². The highest BCUT2D eigenvalue weighted by molar-refractivity contribution is 5.73. The first-order valence-corrected chi connectivity index (χ1v) is 6.37. The third-order valence-corrected chi connectivity index (χ3v) is 3.33. The van der Waals surface area contributed by atoms with Crippen molar-refractivity contribution in [3.05, 3.63) is 10.4 Å². The van der Waals surface area contributed by atoms with Gasteiger partial charge in [-0.3, -0.25) is 4.79 Å². The molecule has 5 atom stereocenters. The first kappa shape index (κ1) is 16.7. The van der Waals surface area contributed by atoms with Gasteiger partial charge in [0.05, 0.1) is 24.9 Å². The quantitative estimate of drug-likeness (QED) is 0.212. The van der Waals surface area contributed by atoms with Gasteiger partial charge in [-0.2, -0.15) is 0 Å². The summed E-state index contributed by atoms with van der Waals surface area (Å²) < 4.78 is 5.49. The summed E-state index contributed by atoms with van der Waals surface area (Å²) in [6, 6.07) is -0.767. The molecule has 0 bridgehead atoms. The summed E-state index contributed by atoms with van der Waals surface area (Å²) in [6.45, 7) is 1.27. The van der Waals surface area contributed by atoms with E-state index in [9.17, 15) is 20.1 Å². The molecular weight excluding hydrogens is 268 g/mol. The number of rotatable bonds is 6. The lowest BCUT2D eigenvalue weighted by molar-refractivity contribution is -0.141. The van der Waals surface area contributed by atoms with Crippen molar-refractivity contribution in [3.8, 4) is 0 Å². The summed E-state index contributed by atoms with van der Waals surface area (Å²) in [7, 11) is 0. The van der Waals surface area contributed by atoms with Crippen molar-refractivity contribution in [2.75, 3.05) is 19.8 Å². The topological polar surface area (TPSA) is 148 Å². The van der Waals surface area contributed by atoms with Crippen LogP contribution in [-0.2, 0) is 9.53 Å². The third-order valence-electron chi connectivity index (χ3n) is 3.33. The van der Waals surface area contributed by atoms with Gasteiger partial charge in [-0.1, -0.05) is 5.11 Å². The highest BCUT2D eigenvalue weighted by Gasteiger charge is 2.44. The van der Waals surface area contributed by atoms with Crippen LogP contribution in [0.5, 0.6) is 0 Å². The van der Waals surface area contributed by atoms with Gasteiger partial charge in [0.25, 0.3) is 0 Å². The number of nitrogens with zero attached hydrogens (tertiary/aromatic N) is 3. The number of ether oxygens (including phenoxy) is 1. The summed E-state index contributed by atoms with van der Waals surface area (Å²) in [5.41, 5.74) is 8.17. The molecular formula is C11H20N4O5. The van der Waals surface area contributed by atoms with Crippen molar-refractivity contribution in [2.24, 2.45) is 11.0 Å². The lowest BCUT2D eigenvalue weighted by Gasteiger charge is -2.42. The Labute approximate surface area is 116 Å². The summed E-state index contributed by atoms with van der Waals surface area (Å²) in [6.07, 6.45) is -2.64. The summed E-state index contributed by atoms with van der Waals surface area (Å²) in [4.78, 5) is 13.8. The standard InChI is InChI=1S/C11H20N4O5/c1-6(17)14-9-8(20-3-2-13-15-12)4-7(5-16)10(18)11(9)19/h7-11,16,18-19H,2-5H2,1H3,(H,14,17)/t7-,8-,9+,10+,11-/m1/s1. The summed E-state index contributed by atoms with van der Waals surface area (Å²) in [5, 5.41) is 34.9. The monoisotopic (exact) mass is 288 g/mol. The minimum atomic E-state index is -1.23. The van der Waals surface area contributed by atoms with Crippen molar-refractivity contribution in [3.63, 3.8) is 0 Å². The molecule has 1 aliphatic carbocycles. The molecule has 0 radical (unpaired) electrons. The normalized spacial score (nSPS) is 33.3. The van der Waals surface area contributed by atoms with E-state index in [1.165, 1.54) is 6.92 Å². The van der Waals surface area contributed by atoms with Crippen LogP contribution in [0.3, 0.4) is 0 Å². The van der Waals surface area contributed by atoms with Crippen LogP contribution >= 0.6 is 0 Å². The molecule has 20 heavy (non-hydrogen) atoms. The number of carbonyl (C=O) groups is 1. The van der Waals surface area contributed by atoms with Crippen molar-refractivity contribution in [1.82, 2.24) is 5.32 Å². The summed E-state index contributed by atoms with van der Waals surface area (Å²) in [5.74, 6) is -0.883. The van der Waals surface area contributed by atoms with E-state index in [2.05, 4.69) is 15.3 Å². The zero-order valence-corrected chi connectivity index (χ0v) is 11.2. The number of amides is 1. The second-order valence-corrected chi connectivity index (χ2v) is 4.75. The predicted molar refractivity (Wildman–Crippen MR) is 68.6 cm³/mol. The van der Waals surface area contributed by atoms with Gasteiger partial charge in [0.1, 0.15) is 6.10 Å². The zero-order valence-electron chi connectivity index (χ0n) is 11.2. The lowest BCUT2D eigenvalue weighted by Crippen LogP contribution is -2.61. The molecule has 0 aromatic rings. The number of aliphatic hydroxyl groups is 3. The van der Waals surface area contributed by atoms with E-state index in [0.717, 1.165) is 0 Å². The van der Waals surface area contributed by atoms with E-state index in [0.29, 0.717) is 0 Å². The Morgan fingerprint density at radius 3 is 2.75 bits per heavy atom. The van der Waals surface area contributed by atoms with Gasteiger partial charge in [-0.15, -0.1) is 0 Å². The second-order valence-electron chi connectivity index (χ2n) is 4.75. The smallest absolute Gasteiger partial charge is 0.217 e. The fraction of sp³-hybridized carbons (Fsp3) is 0.909. The van der Waals surface area contributed by atoms with Crippen LogP contribution in [0.4, 0.5) is 0 Å². The zero-order chi connectivity index (χ0) is 15.1. The highest BCUT2D eigenvalue weighted by atomic mass is 16.5. The van der Waals surface area contributed by atoms with Crippen molar-refractivity contribution < 1.29 is 24.9 Å². The molecule has 9 nitrogen and oxygen atoms in total.